The van der Waals surface area contributed by atoms with Gasteiger partial charge in [-0.05, 0) is 38.3 Å². The summed E-state index contributed by atoms with van der Waals surface area (Å²) < 4.78 is 1.92. The van der Waals surface area contributed by atoms with Crippen molar-refractivity contribution in [1.29, 1.82) is 0 Å². The zero-order valence-electron chi connectivity index (χ0n) is 7.55. The van der Waals surface area contributed by atoms with Crippen molar-refractivity contribution in [2.45, 2.75) is 33.2 Å². The van der Waals surface area contributed by atoms with Gasteiger partial charge in [0.05, 0.1) is 0 Å². The maximum atomic E-state index is 11.6. The number of rotatable bonds is 0. The number of nitrogens with zero attached hydrogens (tertiary/aromatic N) is 1. The molecule has 0 bridgehead atoms. The quantitative estimate of drug-likeness (QED) is 0.567. The van der Waals surface area contributed by atoms with E-state index in [0.717, 1.165) is 24.9 Å². The van der Waals surface area contributed by atoms with Crippen LogP contribution in [0.15, 0.2) is 10.9 Å². The molecule has 1 aromatic rings. The van der Waals surface area contributed by atoms with Gasteiger partial charge in [-0.25, -0.2) is 0 Å². The highest BCUT2D eigenvalue weighted by Gasteiger charge is 2.14. The van der Waals surface area contributed by atoms with Crippen LogP contribution in [0.5, 0.6) is 0 Å². The van der Waals surface area contributed by atoms with E-state index in [-0.39, 0.29) is 5.56 Å². The number of pyridine rings is 1. The molecule has 12 heavy (non-hydrogen) atoms. The van der Waals surface area contributed by atoms with Crippen LogP contribution in [0.3, 0.4) is 0 Å². The molecule has 0 spiro atoms. The number of hydrogen-bond donors (Lipinski definition) is 0. The second-order valence-corrected chi connectivity index (χ2v) is 3.52. The molecule has 2 heteroatoms. The summed E-state index contributed by atoms with van der Waals surface area (Å²) >= 11 is 0. The van der Waals surface area contributed by atoms with E-state index in [9.17, 15) is 4.79 Å². The molecular weight excluding hydrogens is 150 g/mol. The lowest BCUT2D eigenvalue weighted by Crippen LogP contribution is -2.22. The molecule has 1 aliphatic heterocycles. The predicted octanol–water partition coefficient (Wildman–Crippen LogP) is 1.41. The maximum absolute atomic E-state index is 11.6. The topological polar surface area (TPSA) is 22.0 Å². The summed E-state index contributed by atoms with van der Waals surface area (Å²) in [7, 11) is 0. The van der Waals surface area contributed by atoms with E-state index in [1.54, 1.807) is 0 Å². The smallest absolute Gasteiger partial charge is 0.253 e. The van der Waals surface area contributed by atoms with E-state index in [1.807, 2.05) is 17.6 Å². The first-order valence-electron chi connectivity index (χ1n) is 4.40. The average molecular weight is 163 g/mol. The van der Waals surface area contributed by atoms with Gasteiger partial charge in [-0.15, -0.1) is 0 Å². The molecule has 0 saturated heterocycles. The molecular formula is C10H13NO. The Kier molecular flexibility index (Phi) is 1.56. The van der Waals surface area contributed by atoms with Gasteiger partial charge in [0.1, 0.15) is 0 Å². The third kappa shape index (κ3) is 0.909. The van der Waals surface area contributed by atoms with Crippen molar-refractivity contribution < 1.29 is 0 Å². The fraction of sp³-hybridized carbons (Fsp3) is 0.500. The van der Waals surface area contributed by atoms with Crippen molar-refractivity contribution in [3.63, 3.8) is 0 Å². The summed E-state index contributed by atoms with van der Waals surface area (Å²) in [5.74, 6) is 0. The first kappa shape index (κ1) is 7.59. The maximum Gasteiger partial charge on any atom is 0.253 e. The van der Waals surface area contributed by atoms with Crippen molar-refractivity contribution in [1.82, 2.24) is 4.57 Å². The van der Waals surface area contributed by atoms with Crippen LogP contribution in [-0.2, 0) is 13.0 Å². The van der Waals surface area contributed by atoms with E-state index in [1.165, 1.54) is 11.3 Å². The third-order valence-electron chi connectivity index (χ3n) is 2.59. The lowest BCUT2D eigenvalue weighted by Gasteiger charge is -2.06. The summed E-state index contributed by atoms with van der Waals surface area (Å²) in [6.07, 6.45) is 2.20. The van der Waals surface area contributed by atoms with Crippen LogP contribution in [0.1, 0.15) is 23.2 Å². The summed E-state index contributed by atoms with van der Waals surface area (Å²) in [5.41, 5.74) is 3.58. The fourth-order valence-corrected chi connectivity index (χ4v) is 1.99. The number of hydrogen-bond acceptors (Lipinski definition) is 1. The highest BCUT2D eigenvalue weighted by molar-refractivity contribution is 5.26. The van der Waals surface area contributed by atoms with Crippen LogP contribution in [0.25, 0.3) is 0 Å². The molecule has 0 N–H and O–H groups in total. The largest absolute Gasteiger partial charge is 0.312 e. The zero-order valence-corrected chi connectivity index (χ0v) is 7.55. The number of aryl methyl sites for hydroxylation is 2. The molecule has 0 fully saturated rings. The Morgan fingerprint density at radius 2 is 2.08 bits per heavy atom. The molecule has 0 radical (unpaired) electrons. The lowest BCUT2D eigenvalue weighted by molar-refractivity contribution is 0.714. The molecule has 2 nitrogen and oxygen atoms in total. The number of aromatic nitrogens is 1. The fourth-order valence-electron chi connectivity index (χ4n) is 1.99. The van der Waals surface area contributed by atoms with Crippen molar-refractivity contribution >= 4 is 0 Å². The van der Waals surface area contributed by atoms with E-state index in [0.29, 0.717) is 0 Å². The van der Waals surface area contributed by atoms with Crippen molar-refractivity contribution in [2.75, 3.05) is 0 Å². The van der Waals surface area contributed by atoms with Gasteiger partial charge in [0.25, 0.3) is 5.56 Å². The zero-order chi connectivity index (χ0) is 8.72. The molecule has 1 aliphatic rings. The van der Waals surface area contributed by atoms with Crippen LogP contribution < -0.4 is 5.56 Å². The van der Waals surface area contributed by atoms with E-state index in [2.05, 4.69) is 6.92 Å². The van der Waals surface area contributed by atoms with Crippen LogP contribution >= 0.6 is 0 Å². The lowest BCUT2D eigenvalue weighted by atomic mass is 10.1. The molecule has 2 heterocycles. The van der Waals surface area contributed by atoms with Gasteiger partial charge in [-0.2, -0.15) is 0 Å². The van der Waals surface area contributed by atoms with Crippen molar-refractivity contribution in [3.8, 4) is 0 Å². The summed E-state index contributed by atoms with van der Waals surface area (Å²) in [4.78, 5) is 11.6. The number of fused-ring (bicyclic) bond motifs is 1. The van der Waals surface area contributed by atoms with Gasteiger partial charge in [0.2, 0.25) is 0 Å². The van der Waals surface area contributed by atoms with Crippen LogP contribution in [0, 0.1) is 13.8 Å². The summed E-state index contributed by atoms with van der Waals surface area (Å²) in [6, 6.07) is 2.00. The van der Waals surface area contributed by atoms with E-state index < -0.39 is 0 Å². The first-order valence-corrected chi connectivity index (χ1v) is 4.40. The van der Waals surface area contributed by atoms with Gasteiger partial charge < -0.3 is 4.57 Å². The van der Waals surface area contributed by atoms with Gasteiger partial charge in [0, 0.05) is 17.8 Å². The molecule has 0 saturated carbocycles. The molecule has 0 aliphatic carbocycles. The molecule has 1 aromatic heterocycles. The monoisotopic (exact) mass is 163 g/mol. The van der Waals surface area contributed by atoms with Gasteiger partial charge in [-0.1, -0.05) is 0 Å². The Hall–Kier alpha value is -1.05. The Morgan fingerprint density at radius 1 is 1.33 bits per heavy atom. The highest BCUT2D eigenvalue weighted by Crippen LogP contribution is 2.16. The van der Waals surface area contributed by atoms with E-state index in [4.69, 9.17) is 0 Å². The van der Waals surface area contributed by atoms with Crippen molar-refractivity contribution in [3.05, 3.63) is 33.2 Å². The Labute approximate surface area is 71.8 Å². The second kappa shape index (κ2) is 2.47. The SMILES string of the molecule is Cc1cc(C)c(=O)n2c1CCC2. The Morgan fingerprint density at radius 3 is 2.83 bits per heavy atom. The molecule has 0 amide bonds. The second-order valence-electron chi connectivity index (χ2n) is 3.52. The first-order chi connectivity index (χ1) is 5.70. The third-order valence-corrected chi connectivity index (χ3v) is 2.59. The molecule has 64 valence electrons. The van der Waals surface area contributed by atoms with E-state index >= 15 is 0 Å². The normalized spacial score (nSPS) is 14.8. The molecule has 2 rings (SSSR count). The summed E-state index contributed by atoms with van der Waals surface area (Å²) in [6.45, 7) is 4.89. The van der Waals surface area contributed by atoms with Crippen LogP contribution in [0.4, 0.5) is 0 Å². The molecule has 0 atom stereocenters. The van der Waals surface area contributed by atoms with Gasteiger partial charge >= 0.3 is 0 Å². The van der Waals surface area contributed by atoms with Crippen LogP contribution in [0.2, 0.25) is 0 Å². The standard InChI is InChI=1S/C10H13NO/c1-7-6-8(2)10(12)11-5-3-4-9(7)11/h6H,3-5H2,1-2H3. The Balaban J connectivity index is 2.78. The van der Waals surface area contributed by atoms with Crippen LogP contribution in [-0.4, -0.2) is 4.57 Å². The molecule has 0 unspecified atom stereocenters. The molecule has 0 aromatic carbocycles. The Bertz CT molecular complexity index is 376. The van der Waals surface area contributed by atoms with Gasteiger partial charge in [0.15, 0.2) is 0 Å². The predicted molar refractivity (Wildman–Crippen MR) is 48.5 cm³/mol. The minimum absolute atomic E-state index is 0.202. The summed E-state index contributed by atoms with van der Waals surface area (Å²) in [5, 5.41) is 0. The van der Waals surface area contributed by atoms with Gasteiger partial charge in [-0.3, -0.25) is 4.79 Å². The minimum atomic E-state index is 0.202. The average Bonchev–Trinajstić information content (AvgIpc) is 2.48. The highest BCUT2D eigenvalue weighted by atomic mass is 16.1. The minimum Gasteiger partial charge on any atom is -0.312 e. The van der Waals surface area contributed by atoms with Crippen molar-refractivity contribution in [2.24, 2.45) is 0 Å².